The molecule has 7 heteroatoms. The SMILES string of the molecule is CCN(CC)c1ccc(N2C(=O)C(=Cc3ccccc3C(=O)O)SC2=S)cc1. The molecule has 1 heterocycles. The van der Waals surface area contributed by atoms with Crippen LogP contribution in [-0.4, -0.2) is 34.4 Å². The van der Waals surface area contributed by atoms with E-state index in [0.29, 0.717) is 20.5 Å². The van der Waals surface area contributed by atoms with Crippen molar-refractivity contribution in [3.63, 3.8) is 0 Å². The third kappa shape index (κ3) is 3.95. The Bertz CT molecular complexity index is 950. The van der Waals surface area contributed by atoms with Crippen molar-refractivity contribution in [3.05, 3.63) is 64.6 Å². The standard InChI is InChI=1S/C21H20N2O3S2/c1-3-22(4-2)15-9-11-16(12-10-15)23-19(24)18(28-21(23)27)13-14-7-5-6-8-17(14)20(25)26/h5-13H,3-4H2,1-2H3,(H,25,26). The van der Waals surface area contributed by atoms with E-state index in [2.05, 4.69) is 18.7 Å². The molecule has 1 aliphatic rings. The monoisotopic (exact) mass is 412 g/mol. The minimum Gasteiger partial charge on any atom is -0.478 e. The molecule has 0 bridgehead atoms. The number of nitrogens with zero attached hydrogens (tertiary/aromatic N) is 2. The van der Waals surface area contributed by atoms with Gasteiger partial charge in [0.1, 0.15) is 0 Å². The van der Waals surface area contributed by atoms with Crippen LogP contribution in [-0.2, 0) is 4.79 Å². The number of benzene rings is 2. The predicted octanol–water partition coefficient (Wildman–Crippen LogP) is 4.64. The zero-order valence-corrected chi connectivity index (χ0v) is 17.2. The van der Waals surface area contributed by atoms with Crippen molar-refractivity contribution in [2.45, 2.75) is 13.8 Å². The first-order chi connectivity index (χ1) is 13.5. The molecule has 1 aliphatic heterocycles. The number of rotatable bonds is 6. The maximum absolute atomic E-state index is 12.9. The lowest BCUT2D eigenvalue weighted by atomic mass is 10.1. The number of carbonyl (C=O) groups excluding carboxylic acids is 1. The molecule has 5 nitrogen and oxygen atoms in total. The molecule has 0 unspecified atom stereocenters. The molecule has 2 aromatic carbocycles. The number of carboxylic acid groups (broad SMARTS) is 1. The number of hydrogen-bond acceptors (Lipinski definition) is 5. The van der Waals surface area contributed by atoms with E-state index in [1.54, 1.807) is 24.3 Å². The van der Waals surface area contributed by atoms with E-state index in [-0.39, 0.29) is 11.5 Å². The zero-order valence-electron chi connectivity index (χ0n) is 15.6. The van der Waals surface area contributed by atoms with E-state index in [4.69, 9.17) is 12.2 Å². The van der Waals surface area contributed by atoms with E-state index in [1.165, 1.54) is 22.7 Å². The van der Waals surface area contributed by atoms with Crippen LogP contribution in [0.25, 0.3) is 6.08 Å². The van der Waals surface area contributed by atoms with Crippen molar-refractivity contribution in [1.29, 1.82) is 0 Å². The highest BCUT2D eigenvalue weighted by molar-refractivity contribution is 8.27. The van der Waals surface area contributed by atoms with E-state index in [1.807, 2.05) is 24.3 Å². The first-order valence-electron chi connectivity index (χ1n) is 8.91. The van der Waals surface area contributed by atoms with E-state index < -0.39 is 5.97 Å². The minimum atomic E-state index is -1.03. The lowest BCUT2D eigenvalue weighted by Crippen LogP contribution is -2.27. The fourth-order valence-corrected chi connectivity index (χ4v) is 4.34. The number of anilines is 2. The number of thiocarbonyl (C=S) groups is 1. The molecule has 1 fully saturated rings. The van der Waals surface area contributed by atoms with Crippen LogP contribution in [0.5, 0.6) is 0 Å². The Morgan fingerprint density at radius 1 is 1.14 bits per heavy atom. The highest BCUT2D eigenvalue weighted by Crippen LogP contribution is 2.36. The van der Waals surface area contributed by atoms with Gasteiger partial charge in [-0.05, 0) is 55.8 Å². The summed E-state index contributed by atoms with van der Waals surface area (Å²) in [5.74, 6) is -1.28. The number of hydrogen-bond donors (Lipinski definition) is 1. The first kappa shape index (κ1) is 20.1. The van der Waals surface area contributed by atoms with Crippen molar-refractivity contribution in [2.24, 2.45) is 0 Å². The van der Waals surface area contributed by atoms with Crippen molar-refractivity contribution >= 4 is 57.6 Å². The molecular weight excluding hydrogens is 392 g/mol. The van der Waals surface area contributed by atoms with Gasteiger partial charge in [-0.25, -0.2) is 4.79 Å². The number of thioether (sulfide) groups is 1. The van der Waals surface area contributed by atoms with Crippen molar-refractivity contribution < 1.29 is 14.7 Å². The molecule has 1 N–H and O–H groups in total. The summed E-state index contributed by atoms with van der Waals surface area (Å²) >= 11 is 6.58. The van der Waals surface area contributed by atoms with Gasteiger partial charge >= 0.3 is 5.97 Å². The van der Waals surface area contributed by atoms with Crippen LogP contribution >= 0.6 is 24.0 Å². The molecule has 144 valence electrons. The Labute approximate surface area is 173 Å². The number of carboxylic acids is 1. The Morgan fingerprint density at radius 2 is 1.79 bits per heavy atom. The molecule has 0 saturated carbocycles. The second kappa shape index (κ2) is 8.58. The zero-order chi connectivity index (χ0) is 20.3. The highest BCUT2D eigenvalue weighted by Gasteiger charge is 2.33. The van der Waals surface area contributed by atoms with E-state index in [0.717, 1.165) is 18.8 Å². The van der Waals surface area contributed by atoms with Crippen molar-refractivity contribution in [3.8, 4) is 0 Å². The lowest BCUT2D eigenvalue weighted by molar-refractivity contribution is -0.113. The molecule has 0 aliphatic carbocycles. The Hall–Kier alpha value is -2.64. The first-order valence-corrected chi connectivity index (χ1v) is 10.1. The molecule has 2 aromatic rings. The molecular formula is C21H20N2O3S2. The average molecular weight is 413 g/mol. The summed E-state index contributed by atoms with van der Waals surface area (Å²) in [5, 5.41) is 9.34. The smallest absolute Gasteiger partial charge is 0.336 e. The van der Waals surface area contributed by atoms with Crippen LogP contribution in [0.2, 0.25) is 0 Å². The highest BCUT2D eigenvalue weighted by atomic mass is 32.2. The normalized spacial score (nSPS) is 15.4. The third-order valence-electron chi connectivity index (χ3n) is 4.51. The van der Waals surface area contributed by atoms with Crippen LogP contribution in [0.3, 0.4) is 0 Å². The lowest BCUT2D eigenvalue weighted by Gasteiger charge is -2.22. The van der Waals surface area contributed by atoms with Crippen LogP contribution in [0.1, 0.15) is 29.8 Å². The van der Waals surface area contributed by atoms with Crippen LogP contribution in [0.15, 0.2) is 53.4 Å². The molecule has 0 radical (unpaired) electrons. The molecule has 0 atom stereocenters. The van der Waals surface area contributed by atoms with Gasteiger partial charge in [0, 0.05) is 18.8 Å². The molecule has 1 amide bonds. The van der Waals surface area contributed by atoms with Gasteiger partial charge < -0.3 is 10.0 Å². The largest absolute Gasteiger partial charge is 0.478 e. The van der Waals surface area contributed by atoms with Gasteiger partial charge in [-0.1, -0.05) is 42.2 Å². The number of amides is 1. The van der Waals surface area contributed by atoms with Gasteiger partial charge in [-0.15, -0.1) is 0 Å². The maximum Gasteiger partial charge on any atom is 0.336 e. The van der Waals surface area contributed by atoms with Gasteiger partial charge in [-0.2, -0.15) is 0 Å². The van der Waals surface area contributed by atoms with Crippen molar-refractivity contribution in [1.82, 2.24) is 0 Å². The van der Waals surface area contributed by atoms with E-state index >= 15 is 0 Å². The van der Waals surface area contributed by atoms with Crippen LogP contribution in [0.4, 0.5) is 11.4 Å². The molecule has 28 heavy (non-hydrogen) atoms. The topological polar surface area (TPSA) is 60.9 Å². The van der Waals surface area contributed by atoms with Gasteiger partial charge in [-0.3, -0.25) is 9.69 Å². The van der Waals surface area contributed by atoms with Gasteiger partial charge in [0.2, 0.25) is 0 Å². The second-order valence-corrected chi connectivity index (χ2v) is 7.77. The maximum atomic E-state index is 12.9. The fraction of sp³-hybridized carbons (Fsp3) is 0.190. The van der Waals surface area contributed by atoms with Crippen molar-refractivity contribution in [2.75, 3.05) is 22.9 Å². The predicted molar refractivity (Wildman–Crippen MR) is 119 cm³/mol. The Morgan fingerprint density at radius 3 is 2.39 bits per heavy atom. The molecule has 0 spiro atoms. The molecule has 3 rings (SSSR count). The Balaban J connectivity index is 1.89. The van der Waals surface area contributed by atoms with Crippen LogP contribution < -0.4 is 9.80 Å². The third-order valence-corrected chi connectivity index (χ3v) is 5.81. The average Bonchev–Trinajstić information content (AvgIpc) is 2.97. The summed E-state index contributed by atoms with van der Waals surface area (Å²) in [6, 6.07) is 14.3. The number of aromatic carboxylic acids is 1. The summed E-state index contributed by atoms with van der Waals surface area (Å²) in [4.78, 5) is 28.4. The van der Waals surface area contributed by atoms with Gasteiger partial charge in [0.15, 0.2) is 4.32 Å². The summed E-state index contributed by atoms with van der Waals surface area (Å²) < 4.78 is 0.430. The molecule has 0 aromatic heterocycles. The Kier molecular flexibility index (Phi) is 6.16. The van der Waals surface area contributed by atoms with Crippen LogP contribution in [0, 0.1) is 0 Å². The second-order valence-electron chi connectivity index (χ2n) is 6.10. The fourth-order valence-electron chi connectivity index (χ4n) is 3.05. The van der Waals surface area contributed by atoms with E-state index in [9.17, 15) is 14.7 Å². The quantitative estimate of drug-likeness (QED) is 0.551. The number of carbonyl (C=O) groups is 2. The van der Waals surface area contributed by atoms with Gasteiger partial charge in [0.25, 0.3) is 5.91 Å². The molecule has 1 saturated heterocycles. The summed E-state index contributed by atoms with van der Waals surface area (Å²) in [5.41, 5.74) is 2.42. The summed E-state index contributed by atoms with van der Waals surface area (Å²) in [6.07, 6.45) is 1.59. The minimum absolute atomic E-state index is 0.149. The summed E-state index contributed by atoms with van der Waals surface area (Å²) in [6.45, 7) is 6.00. The summed E-state index contributed by atoms with van der Waals surface area (Å²) in [7, 11) is 0. The van der Waals surface area contributed by atoms with Gasteiger partial charge in [0.05, 0.1) is 16.2 Å².